The van der Waals surface area contributed by atoms with E-state index in [9.17, 15) is 19.5 Å². The predicted molar refractivity (Wildman–Crippen MR) is 97.5 cm³/mol. The molecule has 0 aliphatic rings. The van der Waals surface area contributed by atoms with Gasteiger partial charge in [-0.15, -0.1) is 0 Å². The number of carboxylic acid groups (broad SMARTS) is 1. The minimum atomic E-state index is -1.12. The lowest BCUT2D eigenvalue weighted by atomic mass is 10.1. The molecule has 0 aliphatic heterocycles. The maximum atomic E-state index is 12.4. The zero-order valence-electron chi connectivity index (χ0n) is 13.5. The summed E-state index contributed by atoms with van der Waals surface area (Å²) in [5.74, 6) is -1.90. The molecule has 25 heavy (non-hydrogen) atoms. The number of anilines is 1. The Morgan fingerprint density at radius 2 is 1.84 bits per heavy atom. The molecule has 0 spiro atoms. The molecule has 3 N–H and O–H groups in total. The van der Waals surface area contributed by atoms with E-state index in [0.717, 1.165) is 10.0 Å². The van der Waals surface area contributed by atoms with Crippen molar-refractivity contribution in [2.24, 2.45) is 0 Å². The second kappa shape index (κ2) is 8.43. The quantitative estimate of drug-likeness (QED) is 0.689. The van der Waals surface area contributed by atoms with E-state index in [2.05, 4.69) is 26.6 Å². The van der Waals surface area contributed by atoms with Crippen LogP contribution in [0.2, 0.25) is 0 Å². The molecule has 0 aromatic heterocycles. The molecule has 2 rings (SSSR count). The van der Waals surface area contributed by atoms with Gasteiger partial charge in [0.15, 0.2) is 0 Å². The van der Waals surface area contributed by atoms with Crippen LogP contribution in [-0.4, -0.2) is 28.9 Å². The number of aliphatic carboxylic acids is 1. The number of nitrogens with one attached hydrogen (secondary N) is 2. The number of carbonyl (C=O) groups excluding carboxylic acids is 2. The van der Waals surface area contributed by atoms with Crippen molar-refractivity contribution in [1.82, 2.24) is 5.32 Å². The van der Waals surface area contributed by atoms with Gasteiger partial charge in [0.25, 0.3) is 5.91 Å². The van der Waals surface area contributed by atoms with Gasteiger partial charge in [-0.3, -0.25) is 9.59 Å². The molecule has 1 atom stereocenters. The van der Waals surface area contributed by atoms with E-state index in [1.807, 2.05) is 12.1 Å². The SMILES string of the molecule is CC(=O)Nc1cccc(C(=O)N[C@H](Cc2ccccc2Br)C(=O)O)c1. The van der Waals surface area contributed by atoms with Gasteiger partial charge in [0.05, 0.1) is 0 Å². The van der Waals surface area contributed by atoms with E-state index in [1.165, 1.54) is 13.0 Å². The highest BCUT2D eigenvalue weighted by Crippen LogP contribution is 2.18. The Morgan fingerprint density at radius 1 is 1.12 bits per heavy atom. The molecule has 7 heteroatoms. The van der Waals surface area contributed by atoms with Gasteiger partial charge in [-0.2, -0.15) is 0 Å². The first-order valence-electron chi connectivity index (χ1n) is 7.51. The fraction of sp³-hybridized carbons (Fsp3) is 0.167. The summed E-state index contributed by atoms with van der Waals surface area (Å²) in [4.78, 5) is 35.0. The zero-order chi connectivity index (χ0) is 18.4. The van der Waals surface area contributed by atoms with Crippen molar-refractivity contribution in [3.05, 3.63) is 64.1 Å². The minimum Gasteiger partial charge on any atom is -0.480 e. The normalized spacial score (nSPS) is 11.4. The first-order valence-corrected chi connectivity index (χ1v) is 8.31. The van der Waals surface area contributed by atoms with Crippen LogP contribution in [0, 0.1) is 0 Å². The van der Waals surface area contributed by atoms with Crippen molar-refractivity contribution in [3.63, 3.8) is 0 Å². The van der Waals surface area contributed by atoms with Crippen molar-refractivity contribution in [2.45, 2.75) is 19.4 Å². The van der Waals surface area contributed by atoms with Crippen LogP contribution in [0.1, 0.15) is 22.8 Å². The van der Waals surface area contributed by atoms with Gasteiger partial charge in [0.1, 0.15) is 6.04 Å². The molecule has 0 saturated carbocycles. The summed E-state index contributed by atoms with van der Waals surface area (Å²) in [5.41, 5.74) is 1.52. The highest BCUT2D eigenvalue weighted by atomic mass is 79.9. The lowest BCUT2D eigenvalue weighted by Gasteiger charge is -2.16. The highest BCUT2D eigenvalue weighted by Gasteiger charge is 2.22. The molecule has 0 radical (unpaired) electrons. The molecule has 0 aliphatic carbocycles. The van der Waals surface area contributed by atoms with Crippen molar-refractivity contribution in [1.29, 1.82) is 0 Å². The lowest BCUT2D eigenvalue weighted by molar-refractivity contribution is -0.139. The van der Waals surface area contributed by atoms with Crippen LogP contribution in [0.15, 0.2) is 53.0 Å². The van der Waals surface area contributed by atoms with E-state index in [-0.39, 0.29) is 17.9 Å². The molecular formula is C18H17BrN2O4. The van der Waals surface area contributed by atoms with E-state index in [1.54, 1.807) is 30.3 Å². The fourth-order valence-electron chi connectivity index (χ4n) is 2.27. The van der Waals surface area contributed by atoms with E-state index in [4.69, 9.17) is 0 Å². The Kier molecular flexibility index (Phi) is 6.30. The third kappa shape index (κ3) is 5.42. The summed E-state index contributed by atoms with van der Waals surface area (Å²) in [7, 11) is 0. The molecule has 6 nitrogen and oxygen atoms in total. The average Bonchev–Trinajstić information content (AvgIpc) is 2.55. The Hall–Kier alpha value is -2.67. The van der Waals surface area contributed by atoms with Crippen molar-refractivity contribution >= 4 is 39.4 Å². The molecule has 0 saturated heterocycles. The van der Waals surface area contributed by atoms with Crippen molar-refractivity contribution < 1.29 is 19.5 Å². The number of carbonyl (C=O) groups is 3. The van der Waals surface area contributed by atoms with Gasteiger partial charge in [-0.1, -0.05) is 40.2 Å². The number of rotatable bonds is 6. The second-order valence-electron chi connectivity index (χ2n) is 5.42. The lowest BCUT2D eigenvalue weighted by Crippen LogP contribution is -2.42. The van der Waals surface area contributed by atoms with Gasteiger partial charge in [0.2, 0.25) is 5.91 Å². The second-order valence-corrected chi connectivity index (χ2v) is 6.28. The number of hydrogen-bond acceptors (Lipinski definition) is 3. The molecular weight excluding hydrogens is 388 g/mol. The number of hydrogen-bond donors (Lipinski definition) is 3. The number of halogens is 1. The average molecular weight is 405 g/mol. The van der Waals surface area contributed by atoms with Crippen LogP contribution in [0.3, 0.4) is 0 Å². The molecule has 0 heterocycles. The predicted octanol–water partition coefficient (Wildman–Crippen LogP) is 2.83. The van der Waals surface area contributed by atoms with Crippen LogP contribution < -0.4 is 10.6 Å². The van der Waals surface area contributed by atoms with Gasteiger partial charge in [-0.25, -0.2) is 4.79 Å². The van der Waals surface area contributed by atoms with Crippen molar-refractivity contribution in [2.75, 3.05) is 5.32 Å². The monoisotopic (exact) mass is 404 g/mol. The molecule has 2 aromatic rings. The first-order chi connectivity index (χ1) is 11.9. The smallest absolute Gasteiger partial charge is 0.326 e. The topological polar surface area (TPSA) is 95.5 Å². The Bertz CT molecular complexity index is 807. The van der Waals surface area contributed by atoms with Crippen molar-refractivity contribution in [3.8, 4) is 0 Å². The van der Waals surface area contributed by atoms with Crippen LogP contribution >= 0.6 is 15.9 Å². The van der Waals surface area contributed by atoms with E-state index >= 15 is 0 Å². The maximum Gasteiger partial charge on any atom is 0.326 e. The van der Waals surface area contributed by atoms with Gasteiger partial charge >= 0.3 is 5.97 Å². The van der Waals surface area contributed by atoms with Crippen LogP contribution in [0.5, 0.6) is 0 Å². The summed E-state index contributed by atoms with van der Waals surface area (Å²) in [6.07, 6.45) is 0.147. The fourth-order valence-corrected chi connectivity index (χ4v) is 2.71. The standard InChI is InChI=1S/C18H17BrN2O4/c1-11(22)20-14-7-4-6-13(9-14)17(23)21-16(18(24)25)10-12-5-2-3-8-15(12)19/h2-9,16H,10H2,1H3,(H,20,22)(H,21,23)(H,24,25)/t16-/m1/s1. The van der Waals surface area contributed by atoms with E-state index in [0.29, 0.717) is 5.69 Å². The molecule has 0 fully saturated rings. The zero-order valence-corrected chi connectivity index (χ0v) is 15.0. The number of amides is 2. The summed E-state index contributed by atoms with van der Waals surface area (Å²) >= 11 is 3.37. The third-order valence-corrected chi connectivity index (χ3v) is 4.20. The molecule has 2 amide bonds. The van der Waals surface area contributed by atoms with Gasteiger partial charge in [-0.05, 0) is 29.8 Å². The molecule has 0 bridgehead atoms. The number of benzene rings is 2. The summed E-state index contributed by atoms with van der Waals surface area (Å²) in [5, 5.41) is 14.5. The van der Waals surface area contributed by atoms with Crippen LogP contribution in [0.25, 0.3) is 0 Å². The first kappa shape index (κ1) is 18.7. The Balaban J connectivity index is 2.14. The third-order valence-electron chi connectivity index (χ3n) is 3.43. The minimum absolute atomic E-state index is 0.147. The van der Waals surface area contributed by atoms with Crippen LogP contribution in [0.4, 0.5) is 5.69 Å². The maximum absolute atomic E-state index is 12.4. The van der Waals surface area contributed by atoms with Gasteiger partial charge < -0.3 is 15.7 Å². The number of carboxylic acids is 1. The van der Waals surface area contributed by atoms with Gasteiger partial charge in [0, 0.05) is 29.1 Å². The highest BCUT2D eigenvalue weighted by molar-refractivity contribution is 9.10. The Labute approximate surface area is 153 Å². The molecule has 130 valence electrons. The molecule has 0 unspecified atom stereocenters. The Morgan fingerprint density at radius 3 is 2.48 bits per heavy atom. The largest absolute Gasteiger partial charge is 0.480 e. The van der Waals surface area contributed by atoms with E-state index < -0.39 is 17.9 Å². The summed E-state index contributed by atoms with van der Waals surface area (Å²) in [6, 6.07) is 12.5. The summed E-state index contributed by atoms with van der Waals surface area (Å²) in [6.45, 7) is 1.37. The van der Waals surface area contributed by atoms with Crippen LogP contribution in [-0.2, 0) is 16.0 Å². The summed E-state index contributed by atoms with van der Waals surface area (Å²) < 4.78 is 0.781. The molecule has 2 aromatic carbocycles.